The number of carbonyl (C=O) groups is 2. The highest BCUT2D eigenvalue weighted by Gasteiger charge is 2.20. The van der Waals surface area contributed by atoms with Crippen LogP contribution in [0.5, 0.6) is 11.5 Å². The Labute approximate surface area is 185 Å². The summed E-state index contributed by atoms with van der Waals surface area (Å²) in [5.41, 5.74) is 1.84. The monoisotopic (exact) mass is 433 g/mol. The second-order valence-electron chi connectivity index (χ2n) is 7.66. The summed E-state index contributed by atoms with van der Waals surface area (Å²) in [5, 5.41) is 2.81. The fraction of sp³-hybridized carbons (Fsp3) is 0.208. The first-order valence-electron chi connectivity index (χ1n) is 10.1. The van der Waals surface area contributed by atoms with E-state index in [9.17, 15) is 14.4 Å². The molecular weight excluding hydrogens is 410 g/mol. The number of amides is 2. The first kappa shape index (κ1) is 21.2. The molecule has 0 unspecified atom stereocenters. The van der Waals surface area contributed by atoms with Gasteiger partial charge in [0, 0.05) is 32.0 Å². The fourth-order valence-electron chi connectivity index (χ4n) is 3.44. The number of hydrogen-bond donors (Lipinski definition) is 1. The fourth-order valence-corrected chi connectivity index (χ4v) is 3.44. The molecule has 0 aliphatic carbocycles. The van der Waals surface area contributed by atoms with Crippen molar-refractivity contribution in [3.05, 3.63) is 81.8 Å². The molecule has 2 amide bonds. The summed E-state index contributed by atoms with van der Waals surface area (Å²) >= 11 is 0. The molecule has 0 bridgehead atoms. The third-order valence-electron chi connectivity index (χ3n) is 5.27. The van der Waals surface area contributed by atoms with E-state index in [4.69, 9.17) is 9.47 Å². The molecule has 0 saturated heterocycles. The smallest absolute Gasteiger partial charge is 0.268 e. The predicted molar refractivity (Wildman–Crippen MR) is 120 cm³/mol. The van der Waals surface area contributed by atoms with Crippen molar-refractivity contribution in [3.8, 4) is 17.2 Å². The summed E-state index contributed by atoms with van der Waals surface area (Å²) in [6.45, 7) is 1.84. The molecule has 0 atom stereocenters. The molecule has 1 aromatic heterocycles. The van der Waals surface area contributed by atoms with Crippen molar-refractivity contribution in [2.24, 2.45) is 0 Å². The molecule has 8 heteroatoms. The minimum Gasteiger partial charge on any atom is -0.454 e. The van der Waals surface area contributed by atoms with Crippen LogP contribution >= 0.6 is 0 Å². The van der Waals surface area contributed by atoms with Crippen LogP contribution in [0, 0.1) is 6.92 Å². The zero-order valence-electron chi connectivity index (χ0n) is 18.0. The summed E-state index contributed by atoms with van der Waals surface area (Å²) in [6, 6.07) is 13.9. The van der Waals surface area contributed by atoms with E-state index in [0.717, 1.165) is 0 Å². The lowest BCUT2D eigenvalue weighted by Crippen LogP contribution is -2.30. The van der Waals surface area contributed by atoms with Crippen LogP contribution in [0.4, 0.5) is 5.69 Å². The second-order valence-corrected chi connectivity index (χ2v) is 7.66. The number of nitrogens with zero attached hydrogens (tertiary/aromatic N) is 2. The van der Waals surface area contributed by atoms with Gasteiger partial charge in [-0.2, -0.15) is 0 Å². The van der Waals surface area contributed by atoms with Gasteiger partial charge in [0.05, 0.1) is 12.1 Å². The van der Waals surface area contributed by atoms with E-state index in [0.29, 0.717) is 34.0 Å². The van der Waals surface area contributed by atoms with Gasteiger partial charge in [-0.1, -0.05) is 18.2 Å². The van der Waals surface area contributed by atoms with Gasteiger partial charge in [0.25, 0.3) is 11.5 Å². The highest BCUT2D eigenvalue weighted by atomic mass is 16.7. The molecule has 8 nitrogen and oxygen atoms in total. The van der Waals surface area contributed by atoms with Crippen LogP contribution in [-0.4, -0.2) is 42.2 Å². The number of pyridine rings is 1. The number of para-hydroxylation sites is 1. The Morgan fingerprint density at radius 1 is 1.06 bits per heavy atom. The topological polar surface area (TPSA) is 89.9 Å². The molecular formula is C24H23N3O5. The van der Waals surface area contributed by atoms with E-state index in [2.05, 4.69) is 5.32 Å². The van der Waals surface area contributed by atoms with Crippen molar-refractivity contribution in [2.75, 3.05) is 26.2 Å². The van der Waals surface area contributed by atoms with E-state index in [1.165, 1.54) is 9.47 Å². The van der Waals surface area contributed by atoms with Crippen molar-refractivity contribution >= 4 is 17.5 Å². The van der Waals surface area contributed by atoms with Crippen LogP contribution in [0.1, 0.15) is 21.5 Å². The summed E-state index contributed by atoms with van der Waals surface area (Å²) in [5.74, 6) is 0.524. The summed E-state index contributed by atoms with van der Waals surface area (Å²) in [7, 11) is 3.35. The van der Waals surface area contributed by atoms with Crippen LogP contribution in [0.15, 0.2) is 59.5 Å². The third kappa shape index (κ3) is 4.07. The molecule has 0 spiro atoms. The summed E-state index contributed by atoms with van der Waals surface area (Å²) in [4.78, 5) is 40.0. The van der Waals surface area contributed by atoms with Gasteiger partial charge in [0.2, 0.25) is 12.7 Å². The normalized spacial score (nSPS) is 11.8. The number of nitrogens with one attached hydrogen (secondary N) is 1. The van der Waals surface area contributed by atoms with Crippen molar-refractivity contribution in [2.45, 2.75) is 13.3 Å². The average molecular weight is 433 g/mol. The molecule has 2 aromatic carbocycles. The van der Waals surface area contributed by atoms with E-state index in [-0.39, 0.29) is 24.7 Å². The first-order chi connectivity index (χ1) is 15.3. The van der Waals surface area contributed by atoms with Crippen LogP contribution in [-0.2, 0) is 11.2 Å². The Morgan fingerprint density at radius 2 is 1.81 bits per heavy atom. The van der Waals surface area contributed by atoms with Crippen molar-refractivity contribution in [3.63, 3.8) is 0 Å². The molecule has 32 heavy (non-hydrogen) atoms. The lowest BCUT2D eigenvalue weighted by Gasteiger charge is -2.15. The quantitative estimate of drug-likeness (QED) is 0.668. The van der Waals surface area contributed by atoms with Crippen LogP contribution in [0.3, 0.4) is 0 Å². The molecule has 1 aliphatic heterocycles. The number of hydrogen-bond acceptors (Lipinski definition) is 5. The van der Waals surface area contributed by atoms with Crippen LogP contribution in [0.25, 0.3) is 5.69 Å². The number of benzene rings is 2. The maximum absolute atomic E-state index is 13.2. The first-order valence-corrected chi connectivity index (χ1v) is 10.1. The Bertz CT molecular complexity index is 1260. The van der Waals surface area contributed by atoms with Crippen molar-refractivity contribution in [1.82, 2.24) is 9.47 Å². The third-order valence-corrected chi connectivity index (χ3v) is 5.27. The zero-order chi connectivity index (χ0) is 22.8. The number of anilines is 1. The number of ether oxygens (including phenoxy) is 2. The lowest BCUT2D eigenvalue weighted by molar-refractivity contribution is -0.127. The molecule has 164 valence electrons. The van der Waals surface area contributed by atoms with E-state index >= 15 is 0 Å². The van der Waals surface area contributed by atoms with Crippen LogP contribution in [0.2, 0.25) is 0 Å². The van der Waals surface area contributed by atoms with Gasteiger partial charge in [-0.25, -0.2) is 0 Å². The molecule has 1 aliphatic rings. The summed E-state index contributed by atoms with van der Waals surface area (Å²) < 4.78 is 12.1. The molecule has 2 heterocycles. The number of fused-ring (bicyclic) bond motifs is 1. The molecule has 0 saturated carbocycles. The average Bonchev–Trinajstić information content (AvgIpc) is 3.23. The van der Waals surface area contributed by atoms with Gasteiger partial charge in [-0.3, -0.25) is 19.0 Å². The number of rotatable bonds is 5. The van der Waals surface area contributed by atoms with Crippen molar-refractivity contribution in [1.29, 1.82) is 0 Å². The minimum atomic E-state index is -0.535. The summed E-state index contributed by atoms with van der Waals surface area (Å²) in [6.07, 6.45) is 1.76. The SMILES string of the molecule is Cc1ccn(-c2ccc3c(c2)OCO3)c(=O)c1C(=O)Nc1ccccc1CC(=O)N(C)C. The van der Waals surface area contributed by atoms with Gasteiger partial charge in [-0.05, 0) is 42.3 Å². The van der Waals surface area contributed by atoms with Gasteiger partial charge in [-0.15, -0.1) is 0 Å². The maximum Gasteiger partial charge on any atom is 0.268 e. The Kier molecular flexibility index (Phi) is 5.68. The number of carbonyl (C=O) groups excluding carboxylic acids is 2. The highest BCUT2D eigenvalue weighted by molar-refractivity contribution is 6.05. The highest BCUT2D eigenvalue weighted by Crippen LogP contribution is 2.33. The molecule has 0 radical (unpaired) electrons. The number of aryl methyl sites for hydroxylation is 1. The lowest BCUT2D eigenvalue weighted by atomic mass is 10.1. The Morgan fingerprint density at radius 3 is 2.59 bits per heavy atom. The predicted octanol–water partition coefficient (Wildman–Crippen LogP) is 2.76. The van der Waals surface area contributed by atoms with E-state index in [1.54, 1.807) is 75.7 Å². The molecule has 0 fully saturated rings. The van der Waals surface area contributed by atoms with E-state index in [1.807, 2.05) is 0 Å². The van der Waals surface area contributed by atoms with E-state index < -0.39 is 11.5 Å². The molecule has 4 rings (SSSR count). The number of likely N-dealkylation sites (N-methyl/N-ethyl adjacent to an activating group) is 1. The van der Waals surface area contributed by atoms with Crippen LogP contribution < -0.4 is 20.3 Å². The number of aromatic nitrogens is 1. The minimum absolute atomic E-state index is 0.0268. The molecule has 3 aromatic rings. The maximum atomic E-state index is 13.2. The van der Waals surface area contributed by atoms with Gasteiger partial charge in [0.1, 0.15) is 5.56 Å². The van der Waals surface area contributed by atoms with Gasteiger partial charge >= 0.3 is 0 Å². The molecule has 1 N–H and O–H groups in total. The van der Waals surface area contributed by atoms with Crippen molar-refractivity contribution < 1.29 is 19.1 Å². The second kappa shape index (κ2) is 8.58. The van der Waals surface area contributed by atoms with Gasteiger partial charge < -0.3 is 19.7 Å². The Hall–Kier alpha value is -4.07. The standard InChI is InChI=1S/C24H23N3O5/c1-15-10-11-27(17-8-9-19-20(13-17)32-14-31-19)24(30)22(15)23(29)25-18-7-5-4-6-16(18)12-21(28)26(2)3/h4-11,13H,12,14H2,1-3H3,(H,25,29). The van der Waals surface area contributed by atoms with Gasteiger partial charge in [0.15, 0.2) is 11.5 Å². The zero-order valence-corrected chi connectivity index (χ0v) is 18.0. The largest absolute Gasteiger partial charge is 0.454 e. The Balaban J connectivity index is 1.67.